The van der Waals surface area contributed by atoms with E-state index in [1.165, 1.54) is 0 Å². The van der Waals surface area contributed by atoms with E-state index in [4.69, 9.17) is 23.2 Å². The lowest BCUT2D eigenvalue weighted by atomic mass is 10.1. The van der Waals surface area contributed by atoms with Gasteiger partial charge in [-0.3, -0.25) is 0 Å². The summed E-state index contributed by atoms with van der Waals surface area (Å²) in [4.78, 5) is 9.01. The molecule has 20 heavy (non-hydrogen) atoms. The van der Waals surface area contributed by atoms with Crippen molar-refractivity contribution in [3.8, 4) is 11.4 Å². The van der Waals surface area contributed by atoms with Crippen LogP contribution in [0.5, 0.6) is 0 Å². The minimum absolute atomic E-state index is 0.475. The second kappa shape index (κ2) is 5.04. The maximum atomic E-state index is 6.33. The smallest absolute Gasteiger partial charge is 0.161 e. The first kappa shape index (κ1) is 13.3. The van der Waals surface area contributed by atoms with Crippen LogP contribution in [-0.2, 0) is 0 Å². The first-order valence-electron chi connectivity index (χ1n) is 6.25. The Hall–Kier alpha value is -1.64. The van der Waals surface area contributed by atoms with E-state index >= 15 is 0 Å². The van der Waals surface area contributed by atoms with Gasteiger partial charge in [-0.05, 0) is 43.2 Å². The molecule has 0 aliphatic rings. The molecule has 2 nitrogen and oxygen atoms in total. The third-order valence-electron chi connectivity index (χ3n) is 3.18. The first-order chi connectivity index (χ1) is 9.54. The van der Waals surface area contributed by atoms with Crippen LogP contribution in [-0.4, -0.2) is 9.97 Å². The van der Waals surface area contributed by atoms with Crippen LogP contribution in [0.25, 0.3) is 22.3 Å². The van der Waals surface area contributed by atoms with Gasteiger partial charge >= 0.3 is 0 Å². The van der Waals surface area contributed by atoms with Gasteiger partial charge in [0.15, 0.2) is 5.82 Å². The van der Waals surface area contributed by atoms with E-state index in [0.717, 1.165) is 27.6 Å². The summed E-state index contributed by atoms with van der Waals surface area (Å²) in [5.41, 5.74) is 3.96. The van der Waals surface area contributed by atoms with Gasteiger partial charge in [0.05, 0.1) is 5.52 Å². The minimum Gasteiger partial charge on any atom is -0.228 e. The van der Waals surface area contributed by atoms with Crippen LogP contribution in [0.2, 0.25) is 10.2 Å². The van der Waals surface area contributed by atoms with Crippen LogP contribution in [0.3, 0.4) is 0 Å². The Bertz CT molecular complexity index is 813. The van der Waals surface area contributed by atoms with E-state index < -0.39 is 0 Å². The van der Waals surface area contributed by atoms with E-state index in [0.29, 0.717) is 16.0 Å². The maximum absolute atomic E-state index is 6.33. The van der Waals surface area contributed by atoms with Crippen molar-refractivity contribution in [1.29, 1.82) is 0 Å². The molecular formula is C16H12Cl2N2. The van der Waals surface area contributed by atoms with Crippen molar-refractivity contribution in [2.24, 2.45) is 0 Å². The van der Waals surface area contributed by atoms with Crippen LogP contribution in [0.15, 0.2) is 36.4 Å². The molecular weight excluding hydrogens is 291 g/mol. The van der Waals surface area contributed by atoms with Crippen molar-refractivity contribution in [1.82, 2.24) is 9.97 Å². The fourth-order valence-corrected chi connectivity index (χ4v) is 2.86. The second-order valence-corrected chi connectivity index (χ2v) is 5.62. The Balaban J connectivity index is 2.29. The third-order valence-corrected chi connectivity index (χ3v) is 3.69. The van der Waals surface area contributed by atoms with Crippen LogP contribution in [0.1, 0.15) is 11.1 Å². The lowest BCUT2D eigenvalue weighted by Crippen LogP contribution is -1.94. The van der Waals surface area contributed by atoms with Gasteiger partial charge in [0, 0.05) is 16.0 Å². The molecule has 0 unspecified atom stereocenters. The maximum Gasteiger partial charge on any atom is 0.161 e. The summed E-state index contributed by atoms with van der Waals surface area (Å²) in [7, 11) is 0. The number of hydrogen-bond donors (Lipinski definition) is 0. The zero-order chi connectivity index (χ0) is 14.3. The minimum atomic E-state index is 0.475. The summed E-state index contributed by atoms with van der Waals surface area (Å²) in [6.07, 6.45) is 0. The highest BCUT2D eigenvalue weighted by Crippen LogP contribution is 2.29. The monoisotopic (exact) mass is 302 g/mol. The number of halogens is 2. The Labute approximate surface area is 127 Å². The summed E-state index contributed by atoms with van der Waals surface area (Å²) in [6.45, 7) is 4.06. The first-order valence-corrected chi connectivity index (χ1v) is 7.00. The molecule has 1 aromatic heterocycles. The number of aryl methyl sites for hydroxylation is 2. The van der Waals surface area contributed by atoms with Crippen LogP contribution >= 0.6 is 23.2 Å². The molecule has 0 N–H and O–H groups in total. The van der Waals surface area contributed by atoms with Gasteiger partial charge in [0.1, 0.15) is 5.15 Å². The quantitative estimate of drug-likeness (QED) is 0.576. The van der Waals surface area contributed by atoms with Crippen LogP contribution in [0, 0.1) is 13.8 Å². The predicted octanol–water partition coefficient (Wildman–Crippen LogP) is 5.22. The number of nitrogens with zero attached hydrogens (tertiary/aromatic N) is 2. The molecule has 3 rings (SSSR count). The number of fused-ring (bicyclic) bond motifs is 1. The van der Waals surface area contributed by atoms with Gasteiger partial charge in [0.2, 0.25) is 0 Å². The molecule has 1 heterocycles. The zero-order valence-corrected chi connectivity index (χ0v) is 12.6. The van der Waals surface area contributed by atoms with Crippen molar-refractivity contribution in [2.45, 2.75) is 13.8 Å². The van der Waals surface area contributed by atoms with E-state index in [1.54, 1.807) is 0 Å². The highest BCUT2D eigenvalue weighted by molar-refractivity contribution is 6.34. The lowest BCUT2D eigenvalue weighted by molar-refractivity contribution is 1.22. The van der Waals surface area contributed by atoms with Crippen molar-refractivity contribution in [3.05, 3.63) is 57.7 Å². The summed E-state index contributed by atoms with van der Waals surface area (Å²) < 4.78 is 0. The topological polar surface area (TPSA) is 25.8 Å². The fraction of sp³-hybridized carbons (Fsp3) is 0.125. The number of benzene rings is 2. The van der Waals surface area contributed by atoms with E-state index in [1.807, 2.05) is 44.2 Å². The standard InChI is InChI=1S/C16H12Cl2N2/c1-9-6-10(2)14-13(7-9)19-16(20-15(14)18)11-4-3-5-12(17)8-11/h3-8H,1-2H3. The molecule has 0 saturated heterocycles. The van der Waals surface area contributed by atoms with Crippen LogP contribution < -0.4 is 0 Å². The Morgan fingerprint density at radius 3 is 2.50 bits per heavy atom. The molecule has 0 radical (unpaired) electrons. The molecule has 100 valence electrons. The van der Waals surface area contributed by atoms with Crippen molar-refractivity contribution >= 4 is 34.1 Å². The molecule has 0 fully saturated rings. The van der Waals surface area contributed by atoms with Gasteiger partial charge in [-0.15, -0.1) is 0 Å². The Morgan fingerprint density at radius 2 is 1.75 bits per heavy atom. The largest absolute Gasteiger partial charge is 0.228 e. The highest BCUT2D eigenvalue weighted by Gasteiger charge is 2.10. The Morgan fingerprint density at radius 1 is 0.950 bits per heavy atom. The van der Waals surface area contributed by atoms with Crippen LogP contribution in [0.4, 0.5) is 0 Å². The number of rotatable bonds is 1. The summed E-state index contributed by atoms with van der Waals surface area (Å²) in [5, 5.41) is 2.04. The van der Waals surface area contributed by atoms with E-state index in [9.17, 15) is 0 Å². The zero-order valence-electron chi connectivity index (χ0n) is 11.1. The van der Waals surface area contributed by atoms with Gasteiger partial charge in [0.25, 0.3) is 0 Å². The average molecular weight is 303 g/mol. The Kier molecular flexibility index (Phi) is 3.36. The number of aromatic nitrogens is 2. The second-order valence-electron chi connectivity index (χ2n) is 4.82. The van der Waals surface area contributed by atoms with Gasteiger partial charge in [-0.2, -0.15) is 0 Å². The fourth-order valence-electron chi connectivity index (χ4n) is 2.35. The molecule has 0 atom stereocenters. The van der Waals surface area contributed by atoms with Crippen molar-refractivity contribution < 1.29 is 0 Å². The molecule has 0 spiro atoms. The van der Waals surface area contributed by atoms with Gasteiger partial charge in [-0.1, -0.05) is 41.4 Å². The molecule has 0 saturated carbocycles. The van der Waals surface area contributed by atoms with Gasteiger partial charge < -0.3 is 0 Å². The van der Waals surface area contributed by atoms with E-state index in [2.05, 4.69) is 16.0 Å². The third kappa shape index (κ3) is 2.37. The van der Waals surface area contributed by atoms with Crippen molar-refractivity contribution in [3.63, 3.8) is 0 Å². The molecule has 0 bridgehead atoms. The summed E-state index contributed by atoms with van der Waals surface area (Å²) in [6, 6.07) is 11.6. The molecule has 0 aliphatic carbocycles. The lowest BCUT2D eigenvalue weighted by Gasteiger charge is -2.08. The predicted molar refractivity (Wildman–Crippen MR) is 84.5 cm³/mol. The van der Waals surface area contributed by atoms with E-state index in [-0.39, 0.29) is 0 Å². The molecule has 2 aromatic carbocycles. The highest BCUT2D eigenvalue weighted by atomic mass is 35.5. The average Bonchev–Trinajstić information content (AvgIpc) is 2.37. The van der Waals surface area contributed by atoms with Crippen molar-refractivity contribution in [2.75, 3.05) is 0 Å². The molecule has 4 heteroatoms. The molecule has 0 aliphatic heterocycles. The summed E-state index contributed by atoms with van der Waals surface area (Å²) >= 11 is 12.3. The summed E-state index contributed by atoms with van der Waals surface area (Å²) in [5.74, 6) is 0.593. The molecule has 0 amide bonds. The van der Waals surface area contributed by atoms with Gasteiger partial charge in [-0.25, -0.2) is 9.97 Å². The normalized spacial score (nSPS) is 11.0. The number of hydrogen-bond acceptors (Lipinski definition) is 2. The SMILES string of the molecule is Cc1cc(C)c2c(Cl)nc(-c3cccc(Cl)c3)nc2c1. The molecule has 3 aromatic rings.